The first-order valence-electron chi connectivity index (χ1n) is 7.17. The Morgan fingerprint density at radius 1 is 1.29 bits per heavy atom. The maximum absolute atomic E-state index is 12.1. The number of carbonyl (C=O) groups excluding carboxylic acids is 1. The van der Waals surface area contributed by atoms with Gasteiger partial charge in [-0.1, -0.05) is 44.2 Å². The second kappa shape index (κ2) is 7.31. The molecule has 1 aromatic heterocycles. The highest BCUT2D eigenvalue weighted by atomic mass is 32.1. The first-order chi connectivity index (χ1) is 10.1. The molecule has 2 aromatic rings. The van der Waals surface area contributed by atoms with Crippen molar-refractivity contribution in [3.63, 3.8) is 0 Å². The Kier molecular flexibility index (Phi) is 5.44. The minimum absolute atomic E-state index is 0.207. The predicted octanol–water partition coefficient (Wildman–Crippen LogP) is 3.90. The molecule has 4 nitrogen and oxygen atoms in total. The highest BCUT2D eigenvalue weighted by molar-refractivity contribution is 7.05. The lowest BCUT2D eigenvalue weighted by molar-refractivity contribution is -0.145. The van der Waals surface area contributed by atoms with Gasteiger partial charge >= 0.3 is 5.97 Å². The average molecular weight is 304 g/mol. The van der Waals surface area contributed by atoms with E-state index < -0.39 is 0 Å². The number of rotatable bonds is 6. The van der Waals surface area contributed by atoms with Crippen molar-refractivity contribution in [1.29, 1.82) is 0 Å². The molecule has 0 bridgehead atoms. The Morgan fingerprint density at radius 2 is 2.00 bits per heavy atom. The van der Waals surface area contributed by atoms with Crippen molar-refractivity contribution in [3.05, 3.63) is 35.3 Å². The molecule has 0 saturated heterocycles. The van der Waals surface area contributed by atoms with Gasteiger partial charge in [-0.2, -0.15) is 4.37 Å². The summed E-state index contributed by atoms with van der Waals surface area (Å²) in [7, 11) is 0. The quantitative estimate of drug-likeness (QED) is 0.760. The smallest absolute Gasteiger partial charge is 0.315 e. The molecule has 0 radical (unpaired) electrons. The monoisotopic (exact) mass is 304 g/mol. The third-order valence-corrected chi connectivity index (χ3v) is 3.88. The van der Waals surface area contributed by atoms with Crippen molar-refractivity contribution >= 4 is 17.5 Å². The summed E-state index contributed by atoms with van der Waals surface area (Å²) in [5.41, 5.74) is 0.965. The summed E-state index contributed by atoms with van der Waals surface area (Å²) in [6.45, 7) is 6.38. The highest BCUT2D eigenvalue weighted by Gasteiger charge is 2.27. The molecule has 0 spiro atoms. The number of hydrogen-bond acceptors (Lipinski definition) is 5. The SMILES string of the molecule is CCOC(=O)C(CC(C)C)c1nc(-c2ccccc2)ns1. The van der Waals surface area contributed by atoms with Gasteiger partial charge in [0.1, 0.15) is 10.9 Å². The minimum atomic E-state index is -0.320. The van der Waals surface area contributed by atoms with Gasteiger partial charge in [0.15, 0.2) is 5.82 Å². The third kappa shape index (κ3) is 4.11. The van der Waals surface area contributed by atoms with Gasteiger partial charge in [0.2, 0.25) is 0 Å². The van der Waals surface area contributed by atoms with E-state index in [4.69, 9.17) is 4.74 Å². The molecule has 0 N–H and O–H groups in total. The van der Waals surface area contributed by atoms with E-state index in [1.807, 2.05) is 37.3 Å². The van der Waals surface area contributed by atoms with Crippen molar-refractivity contribution < 1.29 is 9.53 Å². The van der Waals surface area contributed by atoms with Gasteiger partial charge in [0.25, 0.3) is 0 Å². The van der Waals surface area contributed by atoms with Crippen LogP contribution in [0.15, 0.2) is 30.3 Å². The molecule has 5 heteroatoms. The molecule has 1 unspecified atom stereocenters. The molecule has 1 heterocycles. The van der Waals surface area contributed by atoms with Crippen LogP contribution in [0.5, 0.6) is 0 Å². The van der Waals surface area contributed by atoms with Gasteiger partial charge in [0.05, 0.1) is 6.61 Å². The van der Waals surface area contributed by atoms with Crippen LogP contribution >= 0.6 is 11.5 Å². The predicted molar refractivity (Wildman–Crippen MR) is 84.2 cm³/mol. The third-order valence-electron chi connectivity index (χ3n) is 3.05. The topological polar surface area (TPSA) is 52.1 Å². The molecule has 0 aliphatic carbocycles. The van der Waals surface area contributed by atoms with Crippen molar-refractivity contribution in [2.45, 2.75) is 33.1 Å². The first-order valence-corrected chi connectivity index (χ1v) is 7.94. The van der Waals surface area contributed by atoms with Crippen LogP contribution in [0, 0.1) is 5.92 Å². The van der Waals surface area contributed by atoms with Crippen LogP contribution in [-0.4, -0.2) is 21.9 Å². The summed E-state index contributed by atoms with van der Waals surface area (Å²) in [6, 6.07) is 9.79. The van der Waals surface area contributed by atoms with Gasteiger partial charge in [0, 0.05) is 5.56 Å². The van der Waals surface area contributed by atoms with E-state index in [9.17, 15) is 4.79 Å². The van der Waals surface area contributed by atoms with Gasteiger partial charge < -0.3 is 4.74 Å². The van der Waals surface area contributed by atoms with E-state index >= 15 is 0 Å². The fraction of sp³-hybridized carbons (Fsp3) is 0.438. The summed E-state index contributed by atoms with van der Waals surface area (Å²) in [4.78, 5) is 16.7. The Morgan fingerprint density at radius 3 is 2.62 bits per heavy atom. The number of carbonyl (C=O) groups is 1. The molecule has 0 amide bonds. The summed E-state index contributed by atoms with van der Waals surface area (Å²) in [5.74, 6) is 0.541. The summed E-state index contributed by atoms with van der Waals surface area (Å²) in [5, 5.41) is 0.737. The van der Waals surface area contributed by atoms with E-state index in [0.717, 1.165) is 17.0 Å². The van der Waals surface area contributed by atoms with E-state index in [1.165, 1.54) is 11.5 Å². The largest absolute Gasteiger partial charge is 0.465 e. The molecular formula is C16H20N2O2S. The molecule has 0 aliphatic heterocycles. The minimum Gasteiger partial charge on any atom is -0.465 e. The number of aromatic nitrogens is 2. The van der Waals surface area contributed by atoms with Crippen LogP contribution in [0.2, 0.25) is 0 Å². The van der Waals surface area contributed by atoms with Crippen LogP contribution in [0.1, 0.15) is 38.1 Å². The highest BCUT2D eigenvalue weighted by Crippen LogP contribution is 2.29. The van der Waals surface area contributed by atoms with E-state index in [2.05, 4.69) is 23.2 Å². The molecule has 0 fully saturated rings. The zero-order valence-corrected chi connectivity index (χ0v) is 13.4. The molecular weight excluding hydrogens is 284 g/mol. The van der Waals surface area contributed by atoms with Crippen LogP contribution in [0.4, 0.5) is 0 Å². The van der Waals surface area contributed by atoms with E-state index in [-0.39, 0.29) is 11.9 Å². The maximum Gasteiger partial charge on any atom is 0.315 e. The molecule has 21 heavy (non-hydrogen) atoms. The summed E-state index contributed by atoms with van der Waals surface area (Å²) < 4.78 is 9.55. The van der Waals surface area contributed by atoms with E-state index in [0.29, 0.717) is 18.3 Å². The molecule has 2 rings (SSSR count). The number of hydrogen-bond donors (Lipinski definition) is 0. The zero-order valence-electron chi connectivity index (χ0n) is 12.6. The molecule has 0 aliphatic rings. The maximum atomic E-state index is 12.1. The lowest BCUT2D eigenvalue weighted by Crippen LogP contribution is -2.17. The normalized spacial score (nSPS) is 12.4. The van der Waals surface area contributed by atoms with Gasteiger partial charge in [-0.25, -0.2) is 4.98 Å². The Hall–Kier alpha value is -1.75. The standard InChI is InChI=1S/C16H20N2O2S/c1-4-20-16(19)13(10-11(2)3)15-17-14(18-21-15)12-8-6-5-7-9-12/h5-9,11,13H,4,10H2,1-3H3. The lowest BCUT2D eigenvalue weighted by atomic mass is 9.98. The van der Waals surface area contributed by atoms with Crippen molar-refractivity contribution in [2.75, 3.05) is 6.61 Å². The van der Waals surface area contributed by atoms with Gasteiger partial charge in [-0.3, -0.25) is 4.79 Å². The molecule has 1 atom stereocenters. The number of ether oxygens (including phenoxy) is 1. The number of esters is 1. The Balaban J connectivity index is 2.25. The Labute approximate surface area is 129 Å². The Bertz CT molecular complexity index is 581. The fourth-order valence-electron chi connectivity index (χ4n) is 2.09. The van der Waals surface area contributed by atoms with Crippen LogP contribution in [0.25, 0.3) is 11.4 Å². The molecule has 112 valence electrons. The van der Waals surface area contributed by atoms with Crippen LogP contribution in [-0.2, 0) is 9.53 Å². The van der Waals surface area contributed by atoms with Gasteiger partial charge in [-0.05, 0) is 30.8 Å². The van der Waals surface area contributed by atoms with Crippen molar-refractivity contribution in [1.82, 2.24) is 9.36 Å². The van der Waals surface area contributed by atoms with Crippen LogP contribution in [0.3, 0.4) is 0 Å². The number of nitrogens with zero attached hydrogens (tertiary/aromatic N) is 2. The fourth-order valence-corrected chi connectivity index (χ4v) is 2.87. The molecule has 1 aromatic carbocycles. The van der Waals surface area contributed by atoms with E-state index in [1.54, 1.807) is 0 Å². The van der Waals surface area contributed by atoms with Crippen molar-refractivity contribution in [3.8, 4) is 11.4 Å². The van der Waals surface area contributed by atoms with Gasteiger partial charge in [-0.15, -0.1) is 0 Å². The van der Waals surface area contributed by atoms with Crippen LogP contribution < -0.4 is 0 Å². The average Bonchev–Trinajstić information content (AvgIpc) is 2.95. The summed E-state index contributed by atoms with van der Waals surface area (Å²) >= 11 is 1.29. The lowest BCUT2D eigenvalue weighted by Gasteiger charge is -2.14. The second-order valence-electron chi connectivity index (χ2n) is 5.26. The van der Waals surface area contributed by atoms with Crippen molar-refractivity contribution in [2.24, 2.45) is 5.92 Å². The summed E-state index contributed by atoms with van der Waals surface area (Å²) in [6.07, 6.45) is 0.724. The number of benzene rings is 1. The first kappa shape index (κ1) is 15.6. The second-order valence-corrected chi connectivity index (χ2v) is 6.04. The molecule has 0 saturated carbocycles. The zero-order chi connectivity index (χ0) is 15.2.